The minimum Gasteiger partial charge on any atom is -0.367 e. The van der Waals surface area contributed by atoms with Crippen molar-refractivity contribution in [2.24, 2.45) is 11.8 Å². The molecule has 1 aromatic rings. The molecule has 2 unspecified atom stereocenters. The van der Waals surface area contributed by atoms with E-state index in [1.165, 1.54) is 19.3 Å². The minimum absolute atomic E-state index is 0.528. The Labute approximate surface area is 109 Å². The standard InChI is InChI=1S/C13H23N5/c1-3-5-11-16-12(8-13(17-11)18-14)15-10-7-4-6-9(10)2/h8-10H,3-7,14H2,1-2H3,(H2,15,16,17,18). The van der Waals surface area contributed by atoms with Crippen LogP contribution in [-0.4, -0.2) is 16.0 Å². The maximum absolute atomic E-state index is 5.45. The van der Waals surface area contributed by atoms with Gasteiger partial charge in [0.25, 0.3) is 0 Å². The summed E-state index contributed by atoms with van der Waals surface area (Å²) in [5.41, 5.74) is 2.61. The molecule has 0 bridgehead atoms. The van der Waals surface area contributed by atoms with Crippen LogP contribution in [0.2, 0.25) is 0 Å². The minimum atomic E-state index is 0.528. The van der Waals surface area contributed by atoms with Gasteiger partial charge in [0.1, 0.15) is 17.5 Å². The number of nitrogens with two attached hydrogens (primary N) is 1. The Hall–Kier alpha value is -1.36. The highest BCUT2D eigenvalue weighted by Gasteiger charge is 2.23. The van der Waals surface area contributed by atoms with Gasteiger partial charge in [-0.05, 0) is 25.2 Å². The summed E-state index contributed by atoms with van der Waals surface area (Å²) in [6, 6.07) is 2.41. The Morgan fingerprint density at radius 3 is 2.72 bits per heavy atom. The van der Waals surface area contributed by atoms with Crippen molar-refractivity contribution < 1.29 is 0 Å². The van der Waals surface area contributed by atoms with Crippen molar-refractivity contribution in [2.45, 2.75) is 52.0 Å². The highest BCUT2D eigenvalue weighted by Crippen LogP contribution is 2.27. The summed E-state index contributed by atoms with van der Waals surface area (Å²) in [6.45, 7) is 4.42. The third kappa shape index (κ3) is 3.10. The summed E-state index contributed by atoms with van der Waals surface area (Å²) in [5.74, 6) is 8.58. The van der Waals surface area contributed by atoms with E-state index in [2.05, 4.69) is 34.6 Å². The number of hydrazine groups is 1. The van der Waals surface area contributed by atoms with Crippen molar-refractivity contribution >= 4 is 11.6 Å². The molecular weight excluding hydrogens is 226 g/mol. The van der Waals surface area contributed by atoms with Crippen LogP contribution in [0.15, 0.2) is 6.07 Å². The fourth-order valence-corrected chi connectivity index (χ4v) is 2.53. The van der Waals surface area contributed by atoms with Crippen molar-refractivity contribution in [3.8, 4) is 0 Å². The molecule has 1 aliphatic carbocycles. The molecule has 2 rings (SSSR count). The van der Waals surface area contributed by atoms with Crippen LogP contribution in [0.1, 0.15) is 45.4 Å². The molecule has 18 heavy (non-hydrogen) atoms. The predicted octanol–water partition coefficient (Wildman–Crippen LogP) is 2.32. The summed E-state index contributed by atoms with van der Waals surface area (Å²) in [7, 11) is 0. The van der Waals surface area contributed by atoms with Crippen LogP contribution in [0.25, 0.3) is 0 Å². The second kappa shape index (κ2) is 6.00. The molecule has 1 saturated carbocycles. The zero-order valence-electron chi connectivity index (χ0n) is 11.2. The van der Waals surface area contributed by atoms with E-state index in [4.69, 9.17) is 5.84 Å². The van der Waals surface area contributed by atoms with Crippen LogP contribution in [0.4, 0.5) is 11.6 Å². The first-order valence-electron chi connectivity index (χ1n) is 6.84. The molecule has 1 fully saturated rings. The Morgan fingerprint density at radius 1 is 1.33 bits per heavy atom. The number of aromatic nitrogens is 2. The molecule has 0 aliphatic heterocycles. The fraction of sp³-hybridized carbons (Fsp3) is 0.692. The third-order valence-electron chi connectivity index (χ3n) is 3.59. The molecule has 4 N–H and O–H groups in total. The number of rotatable bonds is 5. The van der Waals surface area contributed by atoms with E-state index < -0.39 is 0 Å². The molecule has 5 nitrogen and oxygen atoms in total. The molecule has 5 heteroatoms. The van der Waals surface area contributed by atoms with Crippen LogP contribution < -0.4 is 16.6 Å². The number of nitrogen functional groups attached to an aromatic ring is 1. The van der Waals surface area contributed by atoms with Gasteiger partial charge in [-0.15, -0.1) is 0 Å². The molecule has 1 aromatic heterocycles. The SMILES string of the molecule is CCCc1nc(NN)cc(NC2CCCC2C)n1. The summed E-state index contributed by atoms with van der Waals surface area (Å²) >= 11 is 0. The lowest BCUT2D eigenvalue weighted by Crippen LogP contribution is -2.23. The monoisotopic (exact) mass is 249 g/mol. The zero-order valence-corrected chi connectivity index (χ0v) is 11.2. The largest absolute Gasteiger partial charge is 0.367 e. The second-order valence-electron chi connectivity index (χ2n) is 5.11. The van der Waals surface area contributed by atoms with Crippen LogP contribution >= 0.6 is 0 Å². The summed E-state index contributed by atoms with van der Waals surface area (Å²) < 4.78 is 0. The predicted molar refractivity (Wildman–Crippen MR) is 74.3 cm³/mol. The van der Waals surface area contributed by atoms with E-state index in [1.807, 2.05) is 6.07 Å². The molecule has 0 spiro atoms. The molecule has 0 amide bonds. The summed E-state index contributed by atoms with van der Waals surface area (Å²) in [4.78, 5) is 8.90. The first kappa shape index (κ1) is 13.1. The van der Waals surface area contributed by atoms with Gasteiger partial charge in [0.15, 0.2) is 0 Å². The molecule has 2 atom stereocenters. The van der Waals surface area contributed by atoms with E-state index in [9.17, 15) is 0 Å². The van der Waals surface area contributed by atoms with Crippen molar-refractivity contribution in [1.29, 1.82) is 0 Å². The Bertz CT molecular complexity index is 393. The number of hydrogen-bond acceptors (Lipinski definition) is 5. The van der Waals surface area contributed by atoms with Crippen LogP contribution in [0.5, 0.6) is 0 Å². The van der Waals surface area contributed by atoms with Gasteiger partial charge in [-0.1, -0.05) is 20.3 Å². The molecule has 0 aromatic carbocycles. The van der Waals surface area contributed by atoms with E-state index in [-0.39, 0.29) is 0 Å². The first-order valence-corrected chi connectivity index (χ1v) is 6.84. The third-order valence-corrected chi connectivity index (χ3v) is 3.59. The van der Waals surface area contributed by atoms with Crippen LogP contribution in [-0.2, 0) is 6.42 Å². The number of nitrogens with zero attached hydrogens (tertiary/aromatic N) is 2. The Balaban J connectivity index is 2.12. The van der Waals surface area contributed by atoms with Gasteiger partial charge in [-0.2, -0.15) is 0 Å². The quantitative estimate of drug-likeness (QED) is 0.551. The number of nitrogens with one attached hydrogen (secondary N) is 2. The molecule has 0 saturated heterocycles. The second-order valence-corrected chi connectivity index (χ2v) is 5.11. The van der Waals surface area contributed by atoms with E-state index in [1.54, 1.807) is 0 Å². The molecule has 100 valence electrons. The van der Waals surface area contributed by atoms with Crippen molar-refractivity contribution in [1.82, 2.24) is 9.97 Å². The number of aryl methyl sites for hydroxylation is 1. The van der Waals surface area contributed by atoms with Gasteiger partial charge in [-0.25, -0.2) is 15.8 Å². The Morgan fingerprint density at radius 2 is 2.11 bits per heavy atom. The fourth-order valence-electron chi connectivity index (χ4n) is 2.53. The summed E-state index contributed by atoms with van der Waals surface area (Å²) in [5, 5.41) is 3.52. The van der Waals surface area contributed by atoms with E-state index in [0.29, 0.717) is 17.8 Å². The van der Waals surface area contributed by atoms with Crippen molar-refractivity contribution in [3.63, 3.8) is 0 Å². The Kier molecular flexibility index (Phi) is 4.36. The molecular formula is C13H23N5. The molecule has 1 aliphatic rings. The van der Waals surface area contributed by atoms with Gasteiger partial charge in [0, 0.05) is 18.5 Å². The normalized spacial score (nSPS) is 23.1. The van der Waals surface area contributed by atoms with Crippen molar-refractivity contribution in [2.75, 3.05) is 10.7 Å². The molecule has 1 heterocycles. The van der Waals surface area contributed by atoms with Gasteiger partial charge in [-0.3, -0.25) is 0 Å². The van der Waals surface area contributed by atoms with Gasteiger partial charge >= 0.3 is 0 Å². The van der Waals surface area contributed by atoms with Gasteiger partial charge in [0.05, 0.1) is 0 Å². The average molecular weight is 249 g/mol. The first-order chi connectivity index (χ1) is 8.72. The van der Waals surface area contributed by atoms with E-state index >= 15 is 0 Å². The van der Waals surface area contributed by atoms with E-state index in [0.717, 1.165) is 24.5 Å². The van der Waals surface area contributed by atoms with Crippen LogP contribution in [0, 0.1) is 5.92 Å². The maximum Gasteiger partial charge on any atom is 0.145 e. The van der Waals surface area contributed by atoms with Gasteiger partial charge < -0.3 is 10.7 Å². The zero-order chi connectivity index (χ0) is 13.0. The van der Waals surface area contributed by atoms with Crippen molar-refractivity contribution in [3.05, 3.63) is 11.9 Å². The molecule has 0 radical (unpaired) electrons. The number of hydrogen-bond donors (Lipinski definition) is 3. The summed E-state index contributed by atoms with van der Waals surface area (Å²) in [6.07, 6.45) is 5.73. The van der Waals surface area contributed by atoms with Crippen LogP contribution in [0.3, 0.4) is 0 Å². The lowest BCUT2D eigenvalue weighted by atomic mass is 10.1. The highest BCUT2D eigenvalue weighted by molar-refractivity contribution is 5.47. The smallest absolute Gasteiger partial charge is 0.145 e. The lowest BCUT2D eigenvalue weighted by molar-refractivity contribution is 0.554. The highest BCUT2D eigenvalue weighted by atomic mass is 15.3. The van der Waals surface area contributed by atoms with Gasteiger partial charge in [0.2, 0.25) is 0 Å². The maximum atomic E-state index is 5.45. The lowest BCUT2D eigenvalue weighted by Gasteiger charge is -2.18. The topological polar surface area (TPSA) is 75.9 Å². The average Bonchev–Trinajstić information content (AvgIpc) is 2.75. The number of anilines is 2.